The molecule has 0 unspecified atom stereocenters. The van der Waals surface area contributed by atoms with Gasteiger partial charge in [0.25, 0.3) is 0 Å². The summed E-state index contributed by atoms with van der Waals surface area (Å²) in [5.41, 5.74) is 0. The molecule has 5 heteroatoms. The third kappa shape index (κ3) is 6.26. The second kappa shape index (κ2) is 8.06. The number of amides is 3. The maximum absolute atomic E-state index is 11.4. The van der Waals surface area contributed by atoms with Crippen LogP contribution < -0.4 is 16.0 Å². The minimum Gasteiger partial charge on any atom is -0.341 e. The highest BCUT2D eigenvalue weighted by molar-refractivity contribution is 5.95. The minimum absolute atomic E-state index is 0.220. The zero-order valence-corrected chi connectivity index (χ0v) is 10.6. The zero-order chi connectivity index (χ0) is 12.5. The molecule has 0 aromatic heterocycles. The topological polar surface area (TPSA) is 70.2 Å². The highest BCUT2D eigenvalue weighted by Gasteiger charge is 2.12. The van der Waals surface area contributed by atoms with Crippen LogP contribution in [-0.2, 0) is 4.79 Å². The number of rotatable bonds is 3. The van der Waals surface area contributed by atoms with E-state index in [4.69, 9.17) is 0 Å². The van der Waals surface area contributed by atoms with Gasteiger partial charge in [0.1, 0.15) is 0 Å². The molecule has 3 N–H and O–H groups in total. The summed E-state index contributed by atoms with van der Waals surface area (Å²) in [7, 11) is 1.49. The Labute approximate surface area is 103 Å². The summed E-state index contributed by atoms with van der Waals surface area (Å²) in [6, 6.07) is -0.0276. The van der Waals surface area contributed by atoms with Gasteiger partial charge in [-0.25, -0.2) is 4.79 Å². The molecule has 1 fully saturated rings. The van der Waals surface area contributed by atoms with Crippen molar-refractivity contribution in [2.24, 2.45) is 0 Å². The van der Waals surface area contributed by atoms with Gasteiger partial charge in [-0.2, -0.15) is 0 Å². The van der Waals surface area contributed by atoms with Gasteiger partial charge in [-0.3, -0.25) is 10.1 Å². The molecule has 1 rings (SSSR count). The average Bonchev–Trinajstić information content (AvgIpc) is 2.27. The molecular weight excluding hydrogens is 218 g/mol. The van der Waals surface area contributed by atoms with Crippen molar-refractivity contribution in [2.45, 2.75) is 51.0 Å². The van der Waals surface area contributed by atoms with Crippen molar-refractivity contribution in [3.8, 4) is 0 Å². The van der Waals surface area contributed by atoms with Gasteiger partial charge in [0.05, 0.1) is 6.54 Å². The smallest absolute Gasteiger partial charge is 0.321 e. The van der Waals surface area contributed by atoms with Crippen LogP contribution in [0.4, 0.5) is 4.79 Å². The molecule has 0 aromatic rings. The number of hydrogen-bond donors (Lipinski definition) is 3. The molecule has 0 aromatic carbocycles. The number of urea groups is 1. The molecular formula is C12H23N3O2. The van der Waals surface area contributed by atoms with E-state index in [1.54, 1.807) is 0 Å². The van der Waals surface area contributed by atoms with Crippen LogP contribution in [0.15, 0.2) is 0 Å². The van der Waals surface area contributed by atoms with Gasteiger partial charge in [-0.1, -0.05) is 32.1 Å². The van der Waals surface area contributed by atoms with Crippen molar-refractivity contribution in [1.29, 1.82) is 0 Å². The van der Waals surface area contributed by atoms with E-state index < -0.39 is 6.03 Å². The summed E-state index contributed by atoms with van der Waals surface area (Å²) in [5, 5.41) is 7.83. The molecule has 98 valence electrons. The summed E-state index contributed by atoms with van der Waals surface area (Å²) in [4.78, 5) is 22.3. The Kier molecular flexibility index (Phi) is 6.62. The van der Waals surface area contributed by atoms with Gasteiger partial charge in [0.15, 0.2) is 0 Å². The maximum Gasteiger partial charge on any atom is 0.321 e. The van der Waals surface area contributed by atoms with E-state index in [-0.39, 0.29) is 12.5 Å². The van der Waals surface area contributed by atoms with Gasteiger partial charge in [-0.15, -0.1) is 0 Å². The third-order valence-electron chi connectivity index (χ3n) is 3.14. The Morgan fingerprint density at radius 2 is 1.65 bits per heavy atom. The average molecular weight is 241 g/mol. The van der Waals surface area contributed by atoms with E-state index in [9.17, 15) is 9.59 Å². The van der Waals surface area contributed by atoms with Crippen LogP contribution in [-0.4, -0.2) is 31.6 Å². The van der Waals surface area contributed by atoms with Crippen LogP contribution in [0.1, 0.15) is 44.9 Å². The Bertz CT molecular complexity index is 248. The Morgan fingerprint density at radius 1 is 1.06 bits per heavy atom. The lowest BCUT2D eigenvalue weighted by molar-refractivity contribution is -0.119. The maximum atomic E-state index is 11.4. The van der Waals surface area contributed by atoms with Gasteiger partial charge in [0.2, 0.25) is 5.91 Å². The number of nitrogens with one attached hydrogen (secondary N) is 3. The molecule has 0 spiro atoms. The van der Waals surface area contributed by atoms with Gasteiger partial charge < -0.3 is 10.6 Å². The SMILES string of the molecule is CNC(=O)NC(=O)CNC1CCCCCCC1. The number of imide groups is 1. The van der Waals surface area contributed by atoms with Crippen LogP contribution in [0.25, 0.3) is 0 Å². The monoisotopic (exact) mass is 241 g/mol. The van der Waals surface area contributed by atoms with Crippen molar-refractivity contribution < 1.29 is 9.59 Å². The van der Waals surface area contributed by atoms with Crippen LogP contribution in [0.2, 0.25) is 0 Å². The van der Waals surface area contributed by atoms with Crippen LogP contribution in [0.3, 0.4) is 0 Å². The van der Waals surface area contributed by atoms with Crippen molar-refractivity contribution in [1.82, 2.24) is 16.0 Å². The van der Waals surface area contributed by atoms with E-state index in [0.717, 1.165) is 12.8 Å². The fourth-order valence-corrected chi connectivity index (χ4v) is 2.13. The summed E-state index contributed by atoms with van der Waals surface area (Å²) in [5.74, 6) is -0.272. The Hall–Kier alpha value is -1.10. The second-order valence-electron chi connectivity index (χ2n) is 4.55. The van der Waals surface area contributed by atoms with Crippen LogP contribution in [0, 0.1) is 0 Å². The molecule has 1 aliphatic rings. The third-order valence-corrected chi connectivity index (χ3v) is 3.14. The van der Waals surface area contributed by atoms with E-state index in [2.05, 4.69) is 16.0 Å². The second-order valence-corrected chi connectivity index (χ2v) is 4.55. The highest BCUT2D eigenvalue weighted by atomic mass is 16.2. The van der Waals surface area contributed by atoms with Crippen LogP contribution >= 0.6 is 0 Å². The molecule has 0 aliphatic heterocycles. The van der Waals surface area contributed by atoms with E-state index in [1.807, 2.05) is 0 Å². The van der Waals surface area contributed by atoms with E-state index in [1.165, 1.54) is 39.2 Å². The van der Waals surface area contributed by atoms with E-state index in [0.29, 0.717) is 6.04 Å². The number of carbonyl (C=O) groups excluding carboxylic acids is 2. The number of hydrogen-bond acceptors (Lipinski definition) is 3. The van der Waals surface area contributed by atoms with Gasteiger partial charge >= 0.3 is 6.03 Å². The molecule has 0 atom stereocenters. The molecule has 0 heterocycles. The molecule has 3 amide bonds. The highest BCUT2D eigenvalue weighted by Crippen LogP contribution is 2.16. The minimum atomic E-state index is -0.450. The lowest BCUT2D eigenvalue weighted by Gasteiger charge is -2.20. The first kappa shape index (κ1) is 14.0. The quantitative estimate of drug-likeness (QED) is 0.694. The predicted octanol–water partition coefficient (Wildman–Crippen LogP) is 1.14. The molecule has 0 bridgehead atoms. The van der Waals surface area contributed by atoms with Gasteiger partial charge in [-0.05, 0) is 12.8 Å². The lowest BCUT2D eigenvalue weighted by atomic mass is 9.97. The summed E-state index contributed by atoms with van der Waals surface area (Å²) >= 11 is 0. The van der Waals surface area contributed by atoms with Crippen molar-refractivity contribution in [3.63, 3.8) is 0 Å². The Balaban J connectivity index is 2.18. The van der Waals surface area contributed by atoms with Crippen molar-refractivity contribution in [2.75, 3.05) is 13.6 Å². The molecule has 5 nitrogen and oxygen atoms in total. The molecule has 1 saturated carbocycles. The first-order valence-electron chi connectivity index (χ1n) is 6.47. The van der Waals surface area contributed by atoms with E-state index >= 15 is 0 Å². The molecule has 1 aliphatic carbocycles. The molecule has 0 saturated heterocycles. The van der Waals surface area contributed by atoms with Crippen molar-refractivity contribution >= 4 is 11.9 Å². The first-order chi connectivity index (χ1) is 8.22. The predicted molar refractivity (Wildman–Crippen MR) is 66.7 cm³/mol. The largest absolute Gasteiger partial charge is 0.341 e. The van der Waals surface area contributed by atoms with Crippen LogP contribution in [0.5, 0.6) is 0 Å². The number of carbonyl (C=O) groups is 2. The normalized spacial score (nSPS) is 17.9. The van der Waals surface area contributed by atoms with Gasteiger partial charge in [0, 0.05) is 13.1 Å². The standard InChI is InChI=1S/C12H23N3O2/c1-13-12(17)15-11(16)9-14-10-7-5-3-2-4-6-8-10/h10,14H,2-9H2,1H3,(H2,13,15,16,17). The summed E-state index contributed by atoms with van der Waals surface area (Å²) < 4.78 is 0. The fourth-order valence-electron chi connectivity index (χ4n) is 2.13. The summed E-state index contributed by atoms with van der Waals surface area (Å²) in [6.45, 7) is 0.220. The molecule has 17 heavy (non-hydrogen) atoms. The zero-order valence-electron chi connectivity index (χ0n) is 10.6. The first-order valence-corrected chi connectivity index (χ1v) is 6.47. The van der Waals surface area contributed by atoms with Crippen molar-refractivity contribution in [3.05, 3.63) is 0 Å². The fraction of sp³-hybridized carbons (Fsp3) is 0.833. The summed E-state index contributed by atoms with van der Waals surface area (Å²) in [6.07, 6.45) is 8.65. The Morgan fingerprint density at radius 3 is 2.24 bits per heavy atom. The molecule has 0 radical (unpaired) electrons. The lowest BCUT2D eigenvalue weighted by Crippen LogP contribution is -2.44.